The van der Waals surface area contributed by atoms with E-state index in [4.69, 9.17) is 0 Å². The van der Waals surface area contributed by atoms with Crippen molar-refractivity contribution in [3.8, 4) is 0 Å². The monoisotopic (exact) mass is 350 g/mol. The molecule has 2 aromatic carbocycles. The maximum Gasteiger partial charge on any atom is 0.262 e. The van der Waals surface area contributed by atoms with Gasteiger partial charge in [-0.05, 0) is 61.4 Å². The lowest BCUT2D eigenvalue weighted by molar-refractivity contribution is 0.598. The van der Waals surface area contributed by atoms with Crippen molar-refractivity contribution < 1.29 is 12.8 Å². The van der Waals surface area contributed by atoms with E-state index in [-0.39, 0.29) is 4.90 Å². The van der Waals surface area contributed by atoms with Gasteiger partial charge in [0.2, 0.25) is 0 Å². The Morgan fingerprint density at radius 3 is 2.38 bits per heavy atom. The molecule has 0 aliphatic carbocycles. The second kappa shape index (κ2) is 7.66. The first-order valence-corrected chi connectivity index (χ1v) is 9.42. The molecule has 0 saturated heterocycles. The van der Waals surface area contributed by atoms with E-state index < -0.39 is 15.8 Å². The van der Waals surface area contributed by atoms with Crippen LogP contribution in [0.4, 0.5) is 15.8 Å². The number of sulfonamides is 1. The lowest BCUT2D eigenvalue weighted by atomic mass is 10.2. The van der Waals surface area contributed by atoms with E-state index in [1.807, 2.05) is 19.2 Å². The number of nitrogens with one attached hydrogen (secondary N) is 1. The molecule has 0 spiro atoms. The molecule has 1 N–H and O–H groups in total. The van der Waals surface area contributed by atoms with Crippen LogP contribution >= 0.6 is 0 Å². The third kappa shape index (κ3) is 4.47. The number of benzene rings is 2. The van der Waals surface area contributed by atoms with Gasteiger partial charge in [0.05, 0.1) is 4.90 Å². The van der Waals surface area contributed by atoms with Gasteiger partial charge in [-0.3, -0.25) is 4.72 Å². The van der Waals surface area contributed by atoms with Crippen LogP contribution in [0.2, 0.25) is 0 Å². The summed E-state index contributed by atoms with van der Waals surface area (Å²) in [6.07, 6.45) is 2.23. The summed E-state index contributed by atoms with van der Waals surface area (Å²) in [6, 6.07) is 10.9. The minimum absolute atomic E-state index is 0.0769. The highest BCUT2D eigenvalue weighted by molar-refractivity contribution is 7.92. The fraction of sp³-hybridized carbons (Fsp3) is 0.333. The number of nitrogens with zero attached hydrogens (tertiary/aromatic N) is 1. The average Bonchev–Trinajstić information content (AvgIpc) is 2.52. The molecule has 0 amide bonds. The zero-order valence-corrected chi connectivity index (χ0v) is 15.0. The fourth-order valence-corrected chi connectivity index (χ4v) is 3.72. The van der Waals surface area contributed by atoms with Crippen LogP contribution < -0.4 is 9.62 Å². The quantitative estimate of drug-likeness (QED) is 0.815. The molecule has 0 heterocycles. The van der Waals surface area contributed by atoms with Crippen LogP contribution in [0.1, 0.15) is 25.3 Å². The first-order valence-electron chi connectivity index (χ1n) is 7.93. The van der Waals surface area contributed by atoms with E-state index >= 15 is 0 Å². The van der Waals surface area contributed by atoms with Crippen LogP contribution in [-0.4, -0.2) is 22.0 Å². The molecule has 2 rings (SSSR count). The van der Waals surface area contributed by atoms with E-state index in [0.29, 0.717) is 11.3 Å². The van der Waals surface area contributed by atoms with Gasteiger partial charge in [-0.25, -0.2) is 12.8 Å². The van der Waals surface area contributed by atoms with E-state index in [1.54, 1.807) is 19.1 Å². The van der Waals surface area contributed by atoms with Gasteiger partial charge in [-0.15, -0.1) is 0 Å². The molecule has 0 aliphatic rings. The number of halogens is 1. The number of aryl methyl sites for hydroxylation is 1. The first-order chi connectivity index (χ1) is 11.3. The molecule has 0 bridgehead atoms. The van der Waals surface area contributed by atoms with Gasteiger partial charge < -0.3 is 4.90 Å². The average molecular weight is 350 g/mol. The molecule has 130 valence electrons. The summed E-state index contributed by atoms with van der Waals surface area (Å²) < 4.78 is 40.6. The lowest BCUT2D eigenvalue weighted by Gasteiger charge is -2.19. The third-order valence-electron chi connectivity index (χ3n) is 3.83. The summed E-state index contributed by atoms with van der Waals surface area (Å²) in [5, 5.41) is 0. The third-order valence-corrected chi connectivity index (χ3v) is 5.38. The fourth-order valence-electron chi connectivity index (χ4n) is 2.43. The number of hydrogen-bond acceptors (Lipinski definition) is 3. The summed E-state index contributed by atoms with van der Waals surface area (Å²) in [6.45, 7) is 4.67. The van der Waals surface area contributed by atoms with Gasteiger partial charge in [-0.1, -0.05) is 13.3 Å². The minimum atomic E-state index is -3.74. The molecule has 0 saturated carbocycles. The number of anilines is 2. The summed E-state index contributed by atoms with van der Waals surface area (Å²) in [4.78, 5) is 2.21. The highest BCUT2D eigenvalue weighted by atomic mass is 32.2. The zero-order chi connectivity index (χ0) is 17.7. The van der Waals surface area contributed by atoms with Gasteiger partial charge in [0.25, 0.3) is 10.0 Å². The second-order valence-electron chi connectivity index (χ2n) is 5.84. The van der Waals surface area contributed by atoms with E-state index in [1.165, 1.54) is 12.1 Å². The Balaban J connectivity index is 2.15. The Labute approximate surface area is 143 Å². The van der Waals surface area contributed by atoms with Gasteiger partial charge >= 0.3 is 0 Å². The van der Waals surface area contributed by atoms with Gasteiger partial charge in [0, 0.05) is 25.0 Å². The Bertz CT molecular complexity index is 789. The Morgan fingerprint density at radius 2 is 1.79 bits per heavy atom. The van der Waals surface area contributed by atoms with Crippen LogP contribution in [0.25, 0.3) is 0 Å². The summed E-state index contributed by atoms with van der Waals surface area (Å²) in [5.41, 5.74) is 1.88. The van der Waals surface area contributed by atoms with Crippen molar-refractivity contribution in [3.05, 3.63) is 53.8 Å². The summed E-state index contributed by atoms with van der Waals surface area (Å²) in [7, 11) is -1.73. The maximum absolute atomic E-state index is 13.2. The SMILES string of the molecule is CCCCN(C)c1ccc(NS(=O)(=O)c2ccc(F)cc2C)cc1. The van der Waals surface area contributed by atoms with E-state index in [9.17, 15) is 12.8 Å². The molecule has 6 heteroatoms. The Kier molecular flexibility index (Phi) is 5.83. The van der Waals surface area contributed by atoms with Crippen molar-refractivity contribution in [2.75, 3.05) is 23.2 Å². The van der Waals surface area contributed by atoms with Crippen molar-refractivity contribution in [1.29, 1.82) is 0 Å². The van der Waals surface area contributed by atoms with Crippen LogP contribution in [0.15, 0.2) is 47.4 Å². The van der Waals surface area contributed by atoms with Crippen molar-refractivity contribution in [1.82, 2.24) is 0 Å². The molecular weight excluding hydrogens is 327 g/mol. The van der Waals surface area contributed by atoms with Crippen molar-refractivity contribution >= 4 is 21.4 Å². The minimum Gasteiger partial charge on any atom is -0.375 e. The van der Waals surface area contributed by atoms with E-state index in [2.05, 4.69) is 16.5 Å². The molecule has 0 fully saturated rings. The largest absolute Gasteiger partial charge is 0.375 e. The summed E-state index contributed by atoms with van der Waals surface area (Å²) in [5.74, 6) is -0.453. The highest BCUT2D eigenvalue weighted by Crippen LogP contribution is 2.22. The molecule has 0 aliphatic heterocycles. The Hall–Kier alpha value is -2.08. The van der Waals surface area contributed by atoms with Gasteiger partial charge in [0.1, 0.15) is 5.82 Å². The smallest absolute Gasteiger partial charge is 0.262 e. The van der Waals surface area contributed by atoms with Gasteiger partial charge in [-0.2, -0.15) is 0 Å². The molecular formula is C18H23FN2O2S. The number of hydrogen-bond donors (Lipinski definition) is 1. The molecule has 0 unspecified atom stereocenters. The highest BCUT2D eigenvalue weighted by Gasteiger charge is 2.17. The van der Waals surface area contributed by atoms with Gasteiger partial charge in [0.15, 0.2) is 0 Å². The van der Waals surface area contributed by atoms with Crippen LogP contribution in [0.5, 0.6) is 0 Å². The predicted octanol–water partition coefficient (Wildman–Crippen LogP) is 4.17. The van der Waals surface area contributed by atoms with Crippen LogP contribution in [0.3, 0.4) is 0 Å². The van der Waals surface area contributed by atoms with Crippen LogP contribution in [-0.2, 0) is 10.0 Å². The molecule has 0 radical (unpaired) electrons. The molecule has 4 nitrogen and oxygen atoms in total. The zero-order valence-electron chi connectivity index (χ0n) is 14.2. The predicted molar refractivity (Wildman–Crippen MR) is 96.6 cm³/mol. The van der Waals surface area contributed by atoms with E-state index in [0.717, 1.165) is 31.1 Å². The molecule has 0 atom stereocenters. The Morgan fingerprint density at radius 1 is 1.12 bits per heavy atom. The molecule has 0 aromatic heterocycles. The van der Waals surface area contributed by atoms with Crippen molar-refractivity contribution in [3.63, 3.8) is 0 Å². The van der Waals surface area contributed by atoms with Crippen molar-refractivity contribution in [2.45, 2.75) is 31.6 Å². The maximum atomic E-state index is 13.2. The van der Waals surface area contributed by atoms with Crippen molar-refractivity contribution in [2.24, 2.45) is 0 Å². The molecule has 24 heavy (non-hydrogen) atoms. The standard InChI is InChI=1S/C18H23FN2O2S/c1-4-5-12-21(3)17-9-7-16(8-10-17)20-24(22,23)18-11-6-15(19)13-14(18)2/h6-11,13,20H,4-5,12H2,1-3H3. The second-order valence-corrected chi connectivity index (χ2v) is 7.49. The topological polar surface area (TPSA) is 49.4 Å². The number of rotatable bonds is 7. The lowest BCUT2D eigenvalue weighted by Crippen LogP contribution is -2.18. The summed E-state index contributed by atoms with van der Waals surface area (Å²) >= 11 is 0. The molecule has 2 aromatic rings. The number of unbranched alkanes of at least 4 members (excludes halogenated alkanes) is 1. The van der Waals surface area contributed by atoms with Crippen LogP contribution in [0, 0.1) is 12.7 Å². The normalized spacial score (nSPS) is 11.3. The first kappa shape index (κ1) is 18.3.